The fourth-order valence-electron chi connectivity index (χ4n) is 0.965. The van der Waals surface area contributed by atoms with Gasteiger partial charge in [0.05, 0.1) is 11.5 Å². The molecule has 19 heavy (non-hydrogen) atoms. The average Bonchev–Trinajstić information content (AvgIpc) is 2.29. The first-order valence-corrected chi connectivity index (χ1v) is 6.99. The molecule has 0 aromatic heterocycles. The van der Waals surface area contributed by atoms with E-state index in [1.54, 1.807) is 26.0 Å². The zero-order valence-corrected chi connectivity index (χ0v) is 12.0. The summed E-state index contributed by atoms with van der Waals surface area (Å²) < 4.78 is 34.1. The predicted octanol–water partition coefficient (Wildman–Crippen LogP) is 2.37. The zero-order valence-electron chi connectivity index (χ0n) is 11.2. The first-order chi connectivity index (χ1) is 8.68. The van der Waals surface area contributed by atoms with Crippen LogP contribution in [-0.2, 0) is 19.6 Å². The van der Waals surface area contributed by atoms with Crippen LogP contribution in [0.1, 0.15) is 19.4 Å². The van der Waals surface area contributed by atoms with Crippen molar-refractivity contribution in [3.05, 3.63) is 42.0 Å². The Morgan fingerprint density at radius 1 is 1.32 bits per heavy atom. The maximum Gasteiger partial charge on any atom is 0.333 e. The lowest BCUT2D eigenvalue weighted by Crippen LogP contribution is -2.03. The van der Waals surface area contributed by atoms with Crippen molar-refractivity contribution in [1.82, 2.24) is 0 Å². The van der Waals surface area contributed by atoms with E-state index in [1.807, 2.05) is 6.92 Å². The summed E-state index contributed by atoms with van der Waals surface area (Å²) >= 11 is 0. The van der Waals surface area contributed by atoms with Gasteiger partial charge in [0.15, 0.2) is 0 Å². The molecule has 0 atom stereocenters. The molecule has 1 N–H and O–H groups in total. The number of carbonyl (C=O) groups is 1. The van der Waals surface area contributed by atoms with Gasteiger partial charge in [0.25, 0.3) is 10.1 Å². The second-order valence-electron chi connectivity index (χ2n) is 3.79. The van der Waals surface area contributed by atoms with Crippen LogP contribution in [0.4, 0.5) is 0 Å². The van der Waals surface area contributed by atoms with Crippen LogP contribution >= 0.6 is 0 Å². The van der Waals surface area contributed by atoms with Crippen molar-refractivity contribution in [3.8, 4) is 0 Å². The molecule has 0 spiro atoms. The number of rotatable bonds is 3. The molecule has 0 heterocycles. The number of esters is 1. The van der Waals surface area contributed by atoms with E-state index in [0.29, 0.717) is 12.2 Å². The number of ether oxygens (including phenoxy) is 1. The molecule has 1 aromatic carbocycles. The minimum Gasteiger partial charge on any atom is -0.463 e. The van der Waals surface area contributed by atoms with Gasteiger partial charge >= 0.3 is 5.97 Å². The monoisotopic (exact) mass is 286 g/mol. The summed E-state index contributed by atoms with van der Waals surface area (Å²) in [5.41, 5.74) is 1.41. The van der Waals surface area contributed by atoms with Gasteiger partial charge in [-0.3, -0.25) is 4.55 Å². The van der Waals surface area contributed by atoms with Gasteiger partial charge in [-0.05, 0) is 32.9 Å². The van der Waals surface area contributed by atoms with Crippen LogP contribution in [-0.4, -0.2) is 25.5 Å². The molecule has 6 heteroatoms. The summed E-state index contributed by atoms with van der Waals surface area (Å²) in [4.78, 5) is 10.4. The van der Waals surface area contributed by atoms with Crippen LogP contribution in [0.2, 0.25) is 0 Å². The summed E-state index contributed by atoms with van der Waals surface area (Å²) in [6.45, 7) is 9.05. The molecule has 0 bridgehead atoms. The van der Waals surface area contributed by atoms with Crippen molar-refractivity contribution in [2.45, 2.75) is 25.7 Å². The Labute approximate surface area is 113 Å². The van der Waals surface area contributed by atoms with Crippen molar-refractivity contribution in [2.75, 3.05) is 6.61 Å². The number of hydrogen-bond donors (Lipinski definition) is 1. The lowest BCUT2D eigenvalue weighted by atomic mass is 10.2. The number of benzene rings is 1. The molecular formula is C13H18O5S. The fourth-order valence-corrected chi connectivity index (χ4v) is 1.44. The molecule has 0 unspecified atom stereocenters. The lowest BCUT2D eigenvalue weighted by molar-refractivity contribution is -0.138. The van der Waals surface area contributed by atoms with Gasteiger partial charge < -0.3 is 4.74 Å². The molecule has 0 aliphatic rings. The minimum atomic E-state index is -4.02. The first kappa shape index (κ1) is 17.3. The van der Waals surface area contributed by atoms with E-state index in [4.69, 9.17) is 4.55 Å². The van der Waals surface area contributed by atoms with Gasteiger partial charge in [0, 0.05) is 5.57 Å². The summed E-state index contributed by atoms with van der Waals surface area (Å²) in [5, 5.41) is 0. The van der Waals surface area contributed by atoms with E-state index in [9.17, 15) is 13.2 Å². The highest BCUT2D eigenvalue weighted by Crippen LogP contribution is 2.08. The van der Waals surface area contributed by atoms with E-state index in [-0.39, 0.29) is 10.9 Å². The highest BCUT2D eigenvalue weighted by molar-refractivity contribution is 7.85. The van der Waals surface area contributed by atoms with Crippen LogP contribution < -0.4 is 0 Å². The standard InChI is InChI=1S/C7H8O3S.C6H10O2/c1-6-2-4-7(5-3-6)11(8,9)10;1-4-8-6(7)5(2)3/h2-5H,1H3,(H,8,9,10);2,4H2,1,3H3. The molecule has 0 saturated carbocycles. The van der Waals surface area contributed by atoms with E-state index < -0.39 is 10.1 Å². The Balaban J connectivity index is 0.000000362. The Kier molecular flexibility index (Phi) is 7.03. The second-order valence-corrected chi connectivity index (χ2v) is 5.21. The van der Waals surface area contributed by atoms with Crippen LogP contribution in [0.5, 0.6) is 0 Å². The van der Waals surface area contributed by atoms with Crippen LogP contribution in [0.3, 0.4) is 0 Å². The molecular weight excluding hydrogens is 268 g/mol. The highest BCUT2D eigenvalue weighted by Gasteiger charge is 2.06. The molecule has 0 radical (unpaired) electrons. The molecule has 106 valence electrons. The molecule has 1 rings (SSSR count). The van der Waals surface area contributed by atoms with Crippen LogP contribution in [0.15, 0.2) is 41.3 Å². The van der Waals surface area contributed by atoms with Gasteiger partial charge in [0.1, 0.15) is 0 Å². The molecule has 0 fully saturated rings. The predicted molar refractivity (Wildman–Crippen MR) is 72.4 cm³/mol. The van der Waals surface area contributed by atoms with E-state index in [1.165, 1.54) is 12.1 Å². The van der Waals surface area contributed by atoms with Gasteiger partial charge in [-0.2, -0.15) is 8.42 Å². The number of carbonyl (C=O) groups excluding carboxylic acids is 1. The molecule has 1 aromatic rings. The third kappa shape index (κ3) is 7.38. The second kappa shape index (κ2) is 7.70. The molecule has 0 amide bonds. The minimum absolute atomic E-state index is 0.0666. The number of hydrogen-bond acceptors (Lipinski definition) is 4. The Morgan fingerprint density at radius 2 is 1.79 bits per heavy atom. The largest absolute Gasteiger partial charge is 0.463 e. The zero-order chi connectivity index (χ0) is 15.1. The lowest BCUT2D eigenvalue weighted by Gasteiger charge is -1.96. The van der Waals surface area contributed by atoms with E-state index in [2.05, 4.69) is 11.3 Å². The highest BCUT2D eigenvalue weighted by atomic mass is 32.2. The third-order valence-corrected chi connectivity index (χ3v) is 2.81. The van der Waals surface area contributed by atoms with Gasteiger partial charge in [-0.25, -0.2) is 4.79 Å². The molecule has 0 saturated heterocycles. The fraction of sp³-hybridized carbons (Fsp3) is 0.308. The molecule has 0 aliphatic heterocycles. The molecule has 5 nitrogen and oxygen atoms in total. The maximum absolute atomic E-state index is 10.5. The van der Waals surface area contributed by atoms with Crippen molar-refractivity contribution in [2.24, 2.45) is 0 Å². The van der Waals surface area contributed by atoms with E-state index >= 15 is 0 Å². The van der Waals surface area contributed by atoms with Gasteiger partial charge in [-0.15, -0.1) is 0 Å². The van der Waals surface area contributed by atoms with E-state index in [0.717, 1.165) is 5.56 Å². The van der Waals surface area contributed by atoms with Gasteiger partial charge in [-0.1, -0.05) is 24.3 Å². The topological polar surface area (TPSA) is 80.7 Å². The van der Waals surface area contributed by atoms with Crippen molar-refractivity contribution < 1.29 is 22.5 Å². The van der Waals surface area contributed by atoms with Crippen LogP contribution in [0.25, 0.3) is 0 Å². The first-order valence-electron chi connectivity index (χ1n) is 5.55. The average molecular weight is 286 g/mol. The summed E-state index contributed by atoms with van der Waals surface area (Å²) in [5.74, 6) is -0.312. The normalized spacial score (nSPS) is 10.1. The smallest absolute Gasteiger partial charge is 0.333 e. The summed E-state index contributed by atoms with van der Waals surface area (Å²) in [6.07, 6.45) is 0. The summed E-state index contributed by atoms with van der Waals surface area (Å²) in [7, 11) is -4.02. The Hall–Kier alpha value is -1.66. The Bertz CT molecular complexity index is 529. The van der Waals surface area contributed by atoms with Crippen molar-refractivity contribution >= 4 is 16.1 Å². The van der Waals surface area contributed by atoms with Crippen LogP contribution in [0, 0.1) is 6.92 Å². The maximum atomic E-state index is 10.5. The summed E-state index contributed by atoms with van der Waals surface area (Å²) in [6, 6.07) is 5.99. The quantitative estimate of drug-likeness (QED) is 0.524. The Morgan fingerprint density at radius 3 is 2.05 bits per heavy atom. The number of aryl methyl sites for hydroxylation is 1. The van der Waals surface area contributed by atoms with Gasteiger partial charge in [0.2, 0.25) is 0 Å². The third-order valence-electron chi connectivity index (χ3n) is 1.94. The SMILES string of the molecule is C=C(C)C(=O)OCC.Cc1ccc(S(=O)(=O)O)cc1. The molecule has 0 aliphatic carbocycles. The van der Waals surface area contributed by atoms with Crippen molar-refractivity contribution in [1.29, 1.82) is 0 Å². The van der Waals surface area contributed by atoms with Crippen molar-refractivity contribution in [3.63, 3.8) is 0 Å².